The Labute approximate surface area is 203 Å². The fourth-order valence-corrected chi connectivity index (χ4v) is 4.66. The topological polar surface area (TPSA) is 144 Å². The van der Waals surface area contributed by atoms with Crippen LogP contribution in [0.25, 0.3) is 10.9 Å². The molecule has 0 saturated heterocycles. The molecule has 3 aromatic carbocycles. The number of phenolic OH excluding ortho intramolecular Hbond substituents is 1. The van der Waals surface area contributed by atoms with Crippen molar-refractivity contribution in [1.82, 2.24) is 9.55 Å². The van der Waals surface area contributed by atoms with Crippen LogP contribution in [0.4, 0.5) is 5.69 Å². The minimum atomic E-state index is -4.01. The Morgan fingerprint density at radius 1 is 1.09 bits per heavy atom. The molecule has 34 heavy (non-hydrogen) atoms. The van der Waals surface area contributed by atoms with Gasteiger partial charge in [-0.3, -0.25) is 14.2 Å². The number of carbonyl (C=O) groups is 1. The Morgan fingerprint density at radius 2 is 1.76 bits per heavy atom. The van der Waals surface area contributed by atoms with Crippen molar-refractivity contribution in [3.8, 4) is 5.75 Å². The van der Waals surface area contributed by atoms with Crippen LogP contribution in [0, 0.1) is 0 Å². The number of rotatable bonds is 5. The Balaban J connectivity index is 1.76. The van der Waals surface area contributed by atoms with Crippen molar-refractivity contribution in [2.45, 2.75) is 11.4 Å². The van der Waals surface area contributed by atoms with E-state index in [-0.39, 0.29) is 43.9 Å². The van der Waals surface area contributed by atoms with Gasteiger partial charge >= 0.3 is 0 Å². The second-order valence-corrected chi connectivity index (χ2v) is 9.62. The first-order valence-corrected chi connectivity index (χ1v) is 11.9. The van der Waals surface area contributed by atoms with E-state index in [2.05, 4.69) is 10.3 Å². The first-order valence-electron chi connectivity index (χ1n) is 9.64. The summed E-state index contributed by atoms with van der Waals surface area (Å²) in [7, 11) is -4.01. The van der Waals surface area contributed by atoms with E-state index in [1.165, 1.54) is 41.2 Å². The lowest BCUT2D eigenvalue weighted by atomic mass is 10.1. The van der Waals surface area contributed by atoms with Gasteiger partial charge in [-0.2, -0.15) is 0 Å². The van der Waals surface area contributed by atoms with Gasteiger partial charge in [-0.25, -0.2) is 18.5 Å². The van der Waals surface area contributed by atoms with E-state index in [0.29, 0.717) is 11.1 Å². The molecule has 0 unspecified atom stereocenters. The molecule has 0 aliphatic carbocycles. The summed E-state index contributed by atoms with van der Waals surface area (Å²) in [5, 5.41) is 17.5. The van der Waals surface area contributed by atoms with Crippen LogP contribution in [0.1, 0.15) is 15.9 Å². The van der Waals surface area contributed by atoms with Crippen molar-refractivity contribution in [1.29, 1.82) is 0 Å². The molecule has 0 spiro atoms. The largest absolute Gasteiger partial charge is 0.505 e. The number of sulfonamides is 1. The van der Waals surface area contributed by atoms with Crippen LogP contribution < -0.4 is 16.0 Å². The number of amides is 1. The highest BCUT2D eigenvalue weighted by molar-refractivity contribution is 7.89. The van der Waals surface area contributed by atoms with Crippen LogP contribution >= 0.6 is 23.2 Å². The van der Waals surface area contributed by atoms with Gasteiger partial charge < -0.3 is 10.4 Å². The lowest BCUT2D eigenvalue weighted by Gasteiger charge is -2.13. The first kappa shape index (κ1) is 23.7. The summed E-state index contributed by atoms with van der Waals surface area (Å²) in [6, 6.07) is 13.3. The number of hydrogen-bond acceptors (Lipinski definition) is 6. The van der Waals surface area contributed by atoms with E-state index in [0.717, 1.165) is 0 Å². The summed E-state index contributed by atoms with van der Waals surface area (Å²) in [5.74, 6) is -0.970. The zero-order valence-electron chi connectivity index (χ0n) is 17.2. The highest BCUT2D eigenvalue weighted by Crippen LogP contribution is 2.33. The molecule has 0 bridgehead atoms. The average Bonchev–Trinajstić information content (AvgIpc) is 2.78. The fourth-order valence-electron chi connectivity index (χ4n) is 3.40. The normalized spacial score (nSPS) is 11.5. The molecule has 0 aliphatic rings. The predicted molar refractivity (Wildman–Crippen MR) is 129 cm³/mol. The van der Waals surface area contributed by atoms with Crippen molar-refractivity contribution in [3.05, 3.63) is 92.5 Å². The summed E-state index contributed by atoms with van der Waals surface area (Å²) in [6.07, 6.45) is 1.29. The molecule has 0 fully saturated rings. The number of primary sulfonamides is 1. The Kier molecular flexibility index (Phi) is 6.32. The Hall–Kier alpha value is -3.44. The molecule has 1 aromatic heterocycles. The minimum absolute atomic E-state index is 0.0658. The molecular weight excluding hydrogens is 503 g/mol. The van der Waals surface area contributed by atoms with Crippen LogP contribution in [0.15, 0.2) is 70.6 Å². The number of hydrogen-bond donors (Lipinski definition) is 3. The monoisotopic (exact) mass is 518 g/mol. The van der Waals surface area contributed by atoms with Crippen LogP contribution in [0.5, 0.6) is 5.75 Å². The molecule has 0 saturated carbocycles. The number of nitrogens with one attached hydrogen (secondary N) is 1. The summed E-state index contributed by atoms with van der Waals surface area (Å²) >= 11 is 11.8. The minimum Gasteiger partial charge on any atom is -0.505 e. The fraction of sp³-hybridized carbons (Fsp3) is 0.0455. The maximum Gasteiger partial charge on any atom is 0.263 e. The standard InChI is InChI=1S/C22H16Cl2N4O5S/c23-14-8-13(9-15(24)20(14)29)21(30)27-17-6-3-5-16-19(17)22(31)28(11-26-16)10-12-4-1-2-7-18(12)34(25,32)33/h1-9,11,29H,10H2,(H,27,30)(H2,25,32,33). The van der Waals surface area contributed by atoms with Crippen LogP contribution in [0.2, 0.25) is 10.0 Å². The van der Waals surface area contributed by atoms with Crippen molar-refractivity contribution in [2.24, 2.45) is 5.14 Å². The third-order valence-electron chi connectivity index (χ3n) is 5.00. The number of nitrogens with two attached hydrogens (primary N) is 1. The molecule has 4 N–H and O–H groups in total. The van der Waals surface area contributed by atoms with Crippen molar-refractivity contribution in [3.63, 3.8) is 0 Å². The van der Waals surface area contributed by atoms with Crippen LogP contribution in [-0.4, -0.2) is 29.0 Å². The second-order valence-electron chi connectivity index (χ2n) is 7.27. The van der Waals surface area contributed by atoms with Gasteiger partial charge in [-0.15, -0.1) is 0 Å². The van der Waals surface area contributed by atoms with Gasteiger partial charge in [-0.05, 0) is 35.9 Å². The van der Waals surface area contributed by atoms with E-state index in [1.54, 1.807) is 24.3 Å². The molecule has 0 atom stereocenters. The summed E-state index contributed by atoms with van der Waals surface area (Å²) < 4.78 is 25.0. The third-order valence-corrected chi connectivity index (χ3v) is 6.59. The number of carbonyl (C=O) groups excluding carboxylic acids is 1. The number of nitrogens with zero attached hydrogens (tertiary/aromatic N) is 2. The van der Waals surface area contributed by atoms with Gasteiger partial charge in [0.05, 0.1) is 44.4 Å². The van der Waals surface area contributed by atoms with E-state index < -0.39 is 21.5 Å². The molecule has 1 heterocycles. The number of halogens is 2. The highest BCUT2D eigenvalue weighted by atomic mass is 35.5. The average molecular weight is 519 g/mol. The molecule has 1 amide bonds. The van der Waals surface area contributed by atoms with E-state index >= 15 is 0 Å². The lowest BCUT2D eigenvalue weighted by Crippen LogP contribution is -2.24. The second kappa shape index (κ2) is 9.07. The molecule has 4 rings (SSSR count). The molecule has 0 radical (unpaired) electrons. The number of fused-ring (bicyclic) bond motifs is 1. The van der Waals surface area contributed by atoms with Crippen LogP contribution in [0.3, 0.4) is 0 Å². The van der Waals surface area contributed by atoms with Gasteiger partial charge in [0.25, 0.3) is 11.5 Å². The van der Waals surface area contributed by atoms with Gasteiger partial charge in [0.2, 0.25) is 10.0 Å². The maximum atomic E-state index is 13.3. The van der Waals surface area contributed by atoms with Crippen molar-refractivity contribution in [2.75, 3.05) is 5.32 Å². The molecule has 9 nitrogen and oxygen atoms in total. The Bertz CT molecular complexity index is 1600. The molecule has 174 valence electrons. The predicted octanol–water partition coefficient (Wildman–Crippen LogP) is 3.36. The highest BCUT2D eigenvalue weighted by Gasteiger charge is 2.18. The van der Waals surface area contributed by atoms with Crippen molar-refractivity contribution >= 4 is 55.7 Å². The van der Waals surface area contributed by atoms with Gasteiger partial charge in [-0.1, -0.05) is 47.5 Å². The van der Waals surface area contributed by atoms with E-state index in [1.807, 2.05) is 0 Å². The van der Waals surface area contributed by atoms with Crippen LogP contribution in [-0.2, 0) is 16.6 Å². The third kappa shape index (κ3) is 4.62. The zero-order chi connectivity index (χ0) is 24.6. The number of benzene rings is 3. The summed E-state index contributed by atoms with van der Waals surface area (Å²) in [6.45, 7) is -0.111. The van der Waals surface area contributed by atoms with E-state index in [9.17, 15) is 23.1 Å². The summed E-state index contributed by atoms with van der Waals surface area (Å²) in [5.41, 5.74) is 0.362. The quantitative estimate of drug-likeness (QED) is 0.369. The first-order chi connectivity index (χ1) is 16.1. The SMILES string of the molecule is NS(=O)(=O)c1ccccc1Cn1cnc2cccc(NC(=O)c3cc(Cl)c(O)c(Cl)c3)c2c1=O. The van der Waals surface area contributed by atoms with Gasteiger partial charge in [0.1, 0.15) is 0 Å². The van der Waals surface area contributed by atoms with Gasteiger partial charge in [0.15, 0.2) is 5.75 Å². The number of aromatic nitrogens is 2. The number of aromatic hydroxyl groups is 1. The smallest absolute Gasteiger partial charge is 0.263 e. The summed E-state index contributed by atoms with van der Waals surface area (Å²) in [4.78, 5) is 30.3. The van der Waals surface area contributed by atoms with Crippen molar-refractivity contribution < 1.29 is 18.3 Å². The molecule has 4 aromatic rings. The molecule has 0 aliphatic heterocycles. The molecular formula is C22H16Cl2N4O5S. The number of phenols is 1. The zero-order valence-corrected chi connectivity index (χ0v) is 19.5. The van der Waals surface area contributed by atoms with E-state index in [4.69, 9.17) is 28.3 Å². The lowest BCUT2D eigenvalue weighted by molar-refractivity contribution is 0.102. The Morgan fingerprint density at radius 3 is 2.44 bits per heavy atom. The number of anilines is 1. The molecule has 12 heteroatoms. The maximum absolute atomic E-state index is 13.3. The van der Waals surface area contributed by atoms with Gasteiger partial charge in [0, 0.05) is 5.56 Å².